The zero-order chi connectivity index (χ0) is 17.5. The fourth-order valence-corrected chi connectivity index (χ4v) is 2.65. The summed E-state index contributed by atoms with van der Waals surface area (Å²) >= 11 is 3.29. The van der Waals surface area contributed by atoms with Crippen molar-refractivity contribution >= 4 is 38.5 Å². The molecule has 0 aliphatic carbocycles. The molecule has 124 valence electrons. The lowest BCUT2D eigenvalue weighted by Gasteiger charge is -2.23. The van der Waals surface area contributed by atoms with E-state index in [2.05, 4.69) is 31.3 Å². The first-order valence-electron chi connectivity index (χ1n) is 6.53. The Balaban J connectivity index is 2.14. The van der Waals surface area contributed by atoms with Crippen LogP contribution in [0, 0.1) is 0 Å². The maximum Gasteiger partial charge on any atom is 0.491 e. The van der Waals surface area contributed by atoms with Crippen LogP contribution in [0.25, 0.3) is 22.4 Å². The van der Waals surface area contributed by atoms with Gasteiger partial charge in [-0.25, -0.2) is 4.90 Å². The second-order valence-corrected chi connectivity index (χ2v) is 5.62. The summed E-state index contributed by atoms with van der Waals surface area (Å²) < 4.78 is 45.0. The van der Waals surface area contributed by atoms with Gasteiger partial charge in [-0.1, -0.05) is 11.2 Å². The number of carbonyl (C=O) groups is 1. The van der Waals surface area contributed by atoms with Gasteiger partial charge in [-0.05, 0) is 34.1 Å². The Kier molecular flexibility index (Phi) is 3.99. The third-order valence-corrected chi connectivity index (χ3v) is 3.78. The van der Waals surface area contributed by atoms with Crippen LogP contribution in [0.1, 0.15) is 6.92 Å². The molecule has 0 saturated heterocycles. The van der Waals surface area contributed by atoms with Crippen molar-refractivity contribution in [2.45, 2.75) is 13.2 Å². The van der Waals surface area contributed by atoms with Crippen LogP contribution in [0.2, 0.25) is 0 Å². The number of hydrogen-bond donors (Lipinski definition) is 0. The van der Waals surface area contributed by atoms with Gasteiger partial charge in [0.1, 0.15) is 11.4 Å². The average molecular weight is 401 g/mol. The predicted molar refractivity (Wildman–Crippen MR) is 82.0 cm³/mol. The van der Waals surface area contributed by atoms with Crippen LogP contribution in [0.5, 0.6) is 0 Å². The summed E-state index contributed by atoms with van der Waals surface area (Å²) in [6, 6.07) is 6.23. The van der Waals surface area contributed by atoms with E-state index in [9.17, 15) is 18.0 Å². The molecule has 2 aromatic heterocycles. The van der Waals surface area contributed by atoms with E-state index in [4.69, 9.17) is 4.52 Å². The topological polar surface area (TPSA) is 72.1 Å². The number of benzene rings is 1. The molecule has 0 fully saturated rings. The van der Waals surface area contributed by atoms with Crippen LogP contribution in [0.15, 0.2) is 39.5 Å². The lowest BCUT2D eigenvalue weighted by atomic mass is 10.1. The maximum atomic E-state index is 13.1. The van der Waals surface area contributed by atoms with Gasteiger partial charge >= 0.3 is 6.30 Å². The molecule has 0 aliphatic rings. The third-order valence-electron chi connectivity index (χ3n) is 3.16. The summed E-state index contributed by atoms with van der Waals surface area (Å²) in [7, 11) is 0. The Bertz CT molecular complexity index is 926. The average Bonchev–Trinajstić information content (AvgIpc) is 2.91. The van der Waals surface area contributed by atoms with E-state index in [1.165, 1.54) is 0 Å². The molecule has 0 N–H and O–H groups in total. The molecule has 0 radical (unpaired) electrons. The third kappa shape index (κ3) is 2.84. The number of nitrogens with zero attached hydrogens (tertiary/aromatic N) is 4. The van der Waals surface area contributed by atoms with Gasteiger partial charge in [0.15, 0.2) is 5.58 Å². The Hall–Kier alpha value is -2.49. The Labute approximate surface area is 141 Å². The summed E-state index contributed by atoms with van der Waals surface area (Å²) in [5, 5.41) is 11.7. The zero-order valence-electron chi connectivity index (χ0n) is 12.0. The summed E-state index contributed by atoms with van der Waals surface area (Å²) in [6.45, 7) is 0.816. The highest BCUT2D eigenvalue weighted by atomic mass is 79.9. The van der Waals surface area contributed by atoms with Gasteiger partial charge in [-0.3, -0.25) is 4.79 Å². The van der Waals surface area contributed by atoms with Crippen molar-refractivity contribution < 1.29 is 22.5 Å². The van der Waals surface area contributed by atoms with Crippen LogP contribution < -0.4 is 4.90 Å². The van der Waals surface area contributed by atoms with Crippen molar-refractivity contribution in [2.75, 3.05) is 4.90 Å². The minimum Gasteiger partial charge on any atom is -0.354 e. The molecular weight excluding hydrogens is 393 g/mol. The maximum absolute atomic E-state index is 13.1. The van der Waals surface area contributed by atoms with E-state index >= 15 is 0 Å². The second kappa shape index (κ2) is 5.86. The van der Waals surface area contributed by atoms with Crippen molar-refractivity contribution in [2.24, 2.45) is 0 Å². The minimum absolute atomic E-state index is 0.0554. The number of carbonyl (C=O) groups excluding carboxylic acids is 1. The number of rotatable bonds is 2. The molecule has 3 aromatic rings. The quantitative estimate of drug-likeness (QED) is 0.609. The zero-order valence-corrected chi connectivity index (χ0v) is 13.6. The summed E-state index contributed by atoms with van der Waals surface area (Å²) in [4.78, 5) is 11.0. The van der Waals surface area contributed by atoms with Gasteiger partial charge in [0.25, 0.3) is 0 Å². The van der Waals surface area contributed by atoms with Crippen molar-refractivity contribution in [1.29, 1.82) is 0 Å². The molecule has 3 rings (SSSR count). The molecule has 0 bridgehead atoms. The van der Waals surface area contributed by atoms with Crippen molar-refractivity contribution in [1.82, 2.24) is 15.4 Å². The van der Waals surface area contributed by atoms with Crippen LogP contribution >= 0.6 is 15.9 Å². The van der Waals surface area contributed by atoms with Gasteiger partial charge in [0, 0.05) is 6.92 Å². The number of hydrogen-bond acceptors (Lipinski definition) is 5. The van der Waals surface area contributed by atoms with Gasteiger partial charge in [-0.2, -0.15) is 5.10 Å². The molecule has 2 heterocycles. The van der Waals surface area contributed by atoms with Crippen LogP contribution in [-0.2, 0) is 4.79 Å². The highest BCUT2D eigenvalue weighted by molar-refractivity contribution is 9.10. The van der Waals surface area contributed by atoms with E-state index in [0.717, 1.165) is 19.2 Å². The largest absolute Gasteiger partial charge is 0.491 e. The Morgan fingerprint density at radius 1 is 1.33 bits per heavy atom. The first-order valence-corrected chi connectivity index (χ1v) is 7.33. The summed E-state index contributed by atoms with van der Waals surface area (Å²) in [5.74, 6) is -1.19. The number of para-hydroxylation sites is 1. The van der Waals surface area contributed by atoms with E-state index in [-0.39, 0.29) is 16.3 Å². The van der Waals surface area contributed by atoms with Crippen molar-refractivity contribution in [3.63, 3.8) is 0 Å². The lowest BCUT2D eigenvalue weighted by Crippen LogP contribution is -2.41. The van der Waals surface area contributed by atoms with E-state index in [0.29, 0.717) is 15.4 Å². The minimum atomic E-state index is -4.87. The molecule has 1 aromatic carbocycles. The van der Waals surface area contributed by atoms with E-state index in [1.54, 1.807) is 18.2 Å². The second-order valence-electron chi connectivity index (χ2n) is 4.77. The first kappa shape index (κ1) is 16.4. The SMILES string of the molecule is CC(=O)N(c1cnnc(-c2noc3c(Br)cccc23)c1)C(F)(F)F. The molecule has 0 spiro atoms. The fourth-order valence-electron chi connectivity index (χ4n) is 2.21. The molecule has 0 unspecified atom stereocenters. The van der Waals surface area contributed by atoms with Crippen molar-refractivity contribution in [3.05, 3.63) is 34.9 Å². The van der Waals surface area contributed by atoms with Gasteiger partial charge in [0.2, 0.25) is 5.91 Å². The number of aromatic nitrogens is 3. The van der Waals surface area contributed by atoms with Gasteiger partial charge in [-0.15, -0.1) is 18.3 Å². The van der Waals surface area contributed by atoms with Crippen LogP contribution in [-0.4, -0.2) is 27.6 Å². The monoisotopic (exact) mass is 400 g/mol. The molecule has 0 aliphatic heterocycles. The number of anilines is 1. The molecule has 10 heteroatoms. The fraction of sp³-hybridized carbons (Fsp3) is 0.143. The molecule has 0 saturated carbocycles. The highest BCUT2D eigenvalue weighted by Crippen LogP contribution is 2.34. The van der Waals surface area contributed by atoms with Crippen molar-refractivity contribution in [3.8, 4) is 11.4 Å². The molecule has 0 atom stereocenters. The highest BCUT2D eigenvalue weighted by Gasteiger charge is 2.41. The Morgan fingerprint density at radius 3 is 2.75 bits per heavy atom. The summed E-state index contributed by atoms with van der Waals surface area (Å²) in [5.41, 5.74) is 0.260. The van der Waals surface area contributed by atoms with Gasteiger partial charge in [0.05, 0.1) is 21.7 Å². The summed E-state index contributed by atoms with van der Waals surface area (Å²) in [6.07, 6.45) is -4.02. The molecular formula is C14H8BrF3N4O2. The molecule has 6 nitrogen and oxygen atoms in total. The van der Waals surface area contributed by atoms with Gasteiger partial charge < -0.3 is 4.52 Å². The first-order chi connectivity index (χ1) is 11.3. The standard InChI is InChI=1S/C14H8BrF3N4O2/c1-7(23)22(14(16,17)18)8-5-11(20-19-6-8)12-9-3-2-4-10(15)13(9)24-21-12/h2-6H,1H3. The lowest BCUT2D eigenvalue weighted by molar-refractivity contribution is -0.148. The number of fused-ring (bicyclic) bond motifs is 1. The number of amides is 1. The smallest absolute Gasteiger partial charge is 0.354 e. The van der Waals surface area contributed by atoms with E-state index in [1.807, 2.05) is 0 Å². The van der Waals surface area contributed by atoms with Crippen LogP contribution in [0.4, 0.5) is 18.9 Å². The number of halogens is 4. The van der Waals surface area contributed by atoms with Crippen LogP contribution in [0.3, 0.4) is 0 Å². The number of alkyl halides is 3. The normalized spacial score (nSPS) is 11.7. The molecule has 1 amide bonds. The predicted octanol–water partition coefficient (Wildman–Crippen LogP) is 3.92. The Morgan fingerprint density at radius 2 is 2.08 bits per heavy atom. The van der Waals surface area contributed by atoms with E-state index < -0.39 is 17.9 Å². The molecule has 24 heavy (non-hydrogen) atoms.